The van der Waals surface area contributed by atoms with Crippen LogP contribution in [0.15, 0.2) is 24.3 Å². The van der Waals surface area contributed by atoms with Crippen LogP contribution in [0.5, 0.6) is 0 Å². The first-order valence-corrected chi connectivity index (χ1v) is 5.81. The highest BCUT2D eigenvalue weighted by atomic mass is 35.5. The normalized spacial score (nSPS) is 11.3. The van der Waals surface area contributed by atoms with Crippen LogP contribution in [0.2, 0.25) is 0 Å². The molecule has 0 bridgehead atoms. The maximum Gasteiger partial charge on any atom is 0.269 e. The number of rotatable bonds is 4. The van der Waals surface area contributed by atoms with E-state index in [1.165, 1.54) is 24.3 Å². The molecule has 6 nitrogen and oxygen atoms in total. The average Bonchev–Trinajstić information content (AvgIpc) is 2.17. The summed E-state index contributed by atoms with van der Waals surface area (Å²) < 4.78 is 23.7. The van der Waals surface area contributed by atoms with E-state index in [9.17, 15) is 18.5 Å². The molecule has 82 valence electrons. The lowest BCUT2D eigenvalue weighted by molar-refractivity contribution is -0.384. The molecule has 0 aliphatic carbocycles. The molecule has 1 N–H and O–H groups in total. The third-order valence-corrected chi connectivity index (χ3v) is 3.25. The van der Waals surface area contributed by atoms with E-state index in [4.69, 9.17) is 11.8 Å². The molecule has 0 unspecified atom stereocenters. The van der Waals surface area contributed by atoms with Gasteiger partial charge in [-0.1, -0.05) is 12.1 Å². The van der Waals surface area contributed by atoms with Gasteiger partial charge >= 0.3 is 0 Å². The highest BCUT2D eigenvalue weighted by molar-refractivity contribution is 7.89. The monoisotopic (exact) mass is 250 g/mol. The van der Waals surface area contributed by atoms with Crippen LogP contribution in [-0.4, -0.2) is 13.3 Å². The summed E-state index contributed by atoms with van der Waals surface area (Å²) in [5, 5.41) is 10.4. The number of hydrogen-bond acceptors (Lipinski definition) is 4. The number of nitro benzene ring substituents is 1. The third kappa shape index (κ3) is 3.46. The molecule has 1 aromatic carbocycles. The number of nitrogens with one attached hydrogen (secondary N) is 1. The molecule has 1 rings (SSSR count). The van der Waals surface area contributed by atoms with Crippen molar-refractivity contribution >= 4 is 27.5 Å². The summed E-state index contributed by atoms with van der Waals surface area (Å²) in [4.78, 5) is 9.81. The van der Waals surface area contributed by atoms with Crippen LogP contribution < -0.4 is 4.24 Å². The fourth-order valence-corrected chi connectivity index (χ4v) is 1.84. The number of halogens is 1. The van der Waals surface area contributed by atoms with Gasteiger partial charge in [-0.3, -0.25) is 10.1 Å². The van der Waals surface area contributed by atoms with E-state index >= 15 is 0 Å². The van der Waals surface area contributed by atoms with Gasteiger partial charge in [-0.15, -0.1) is 4.24 Å². The molecular formula is C7H7ClN2O4S. The smallest absolute Gasteiger partial charge is 0.258 e. The molecule has 0 heterocycles. The summed E-state index contributed by atoms with van der Waals surface area (Å²) in [7, 11) is -3.62. The zero-order valence-corrected chi connectivity index (χ0v) is 8.96. The Kier molecular flexibility index (Phi) is 3.61. The fourth-order valence-electron chi connectivity index (χ4n) is 1.01. The summed E-state index contributed by atoms with van der Waals surface area (Å²) in [5.41, 5.74) is 0.148. The molecule has 0 aliphatic heterocycles. The largest absolute Gasteiger partial charge is 0.269 e. The molecule has 0 aliphatic rings. The van der Waals surface area contributed by atoms with Gasteiger partial charge in [-0.05, 0) is 17.3 Å². The number of hydrogen-bond donors (Lipinski definition) is 1. The standard InChI is InChI=1S/C7H7ClN2O4S/c8-9-15(13,14)5-6-2-1-3-7(4-6)10(11)12/h1-4,9H,5H2. The van der Waals surface area contributed by atoms with Gasteiger partial charge in [0.15, 0.2) is 0 Å². The predicted molar refractivity (Wildman–Crippen MR) is 54.7 cm³/mol. The van der Waals surface area contributed by atoms with Crippen LogP contribution in [0.3, 0.4) is 0 Å². The van der Waals surface area contributed by atoms with E-state index < -0.39 is 20.7 Å². The molecular weight excluding hydrogens is 244 g/mol. The highest BCUT2D eigenvalue weighted by Gasteiger charge is 2.12. The molecule has 0 saturated carbocycles. The zero-order valence-electron chi connectivity index (χ0n) is 7.38. The van der Waals surface area contributed by atoms with Crippen molar-refractivity contribution < 1.29 is 13.3 Å². The van der Waals surface area contributed by atoms with E-state index in [1.54, 1.807) is 4.24 Å². The molecule has 15 heavy (non-hydrogen) atoms. The Morgan fingerprint density at radius 3 is 2.67 bits per heavy atom. The van der Waals surface area contributed by atoms with E-state index in [2.05, 4.69) is 0 Å². The molecule has 1 aromatic rings. The van der Waals surface area contributed by atoms with E-state index in [1.807, 2.05) is 0 Å². The zero-order chi connectivity index (χ0) is 11.5. The molecule has 8 heteroatoms. The molecule has 0 atom stereocenters. The minimum absolute atomic E-state index is 0.155. The lowest BCUT2D eigenvalue weighted by atomic mass is 10.2. The molecule has 0 aromatic heterocycles. The summed E-state index contributed by atoms with van der Waals surface area (Å²) >= 11 is 4.97. The van der Waals surface area contributed by atoms with Crippen molar-refractivity contribution in [2.45, 2.75) is 5.75 Å². The maximum absolute atomic E-state index is 11.0. The Bertz CT molecular complexity index is 474. The Morgan fingerprint density at radius 1 is 1.47 bits per heavy atom. The van der Waals surface area contributed by atoms with Gasteiger partial charge in [0.2, 0.25) is 10.0 Å². The summed E-state index contributed by atoms with van der Waals surface area (Å²) in [6.45, 7) is 0. The van der Waals surface area contributed by atoms with Crippen molar-refractivity contribution in [1.29, 1.82) is 0 Å². The van der Waals surface area contributed by atoms with Crippen LogP contribution in [0.4, 0.5) is 5.69 Å². The first-order valence-electron chi connectivity index (χ1n) is 3.78. The molecule has 0 radical (unpaired) electrons. The van der Waals surface area contributed by atoms with Crippen molar-refractivity contribution in [3.63, 3.8) is 0 Å². The van der Waals surface area contributed by atoms with Crippen LogP contribution in [0.1, 0.15) is 5.56 Å². The predicted octanol–water partition coefficient (Wildman–Crippen LogP) is 1.17. The van der Waals surface area contributed by atoms with E-state index in [-0.39, 0.29) is 5.69 Å². The Labute approximate surface area is 91.2 Å². The van der Waals surface area contributed by atoms with Gasteiger partial charge in [0.05, 0.1) is 10.7 Å². The SMILES string of the molecule is O=[N+]([O-])c1cccc(CS(=O)(=O)NCl)c1. The van der Waals surface area contributed by atoms with Crippen LogP contribution in [0.25, 0.3) is 0 Å². The van der Waals surface area contributed by atoms with Gasteiger partial charge in [-0.25, -0.2) is 8.42 Å². The second-order valence-corrected chi connectivity index (χ2v) is 4.90. The lowest BCUT2D eigenvalue weighted by Crippen LogP contribution is -2.15. The first-order chi connectivity index (χ1) is 6.94. The quantitative estimate of drug-likeness (QED) is 0.493. The number of nitrogens with zero attached hydrogens (tertiary/aromatic N) is 1. The number of nitro groups is 1. The second-order valence-electron chi connectivity index (χ2n) is 2.76. The van der Waals surface area contributed by atoms with Crippen LogP contribution in [-0.2, 0) is 15.8 Å². The maximum atomic E-state index is 11.0. The minimum atomic E-state index is -3.62. The van der Waals surface area contributed by atoms with Crippen molar-refractivity contribution in [1.82, 2.24) is 4.24 Å². The summed E-state index contributed by atoms with van der Waals surface area (Å²) in [5.74, 6) is -0.391. The van der Waals surface area contributed by atoms with Crippen molar-refractivity contribution in [3.05, 3.63) is 39.9 Å². The van der Waals surface area contributed by atoms with Crippen molar-refractivity contribution in [3.8, 4) is 0 Å². The Hall–Kier alpha value is -1.18. The van der Waals surface area contributed by atoms with Gasteiger partial charge in [0.25, 0.3) is 5.69 Å². The Balaban J connectivity index is 2.97. The van der Waals surface area contributed by atoms with E-state index in [0.29, 0.717) is 5.56 Å². The molecule has 0 saturated heterocycles. The van der Waals surface area contributed by atoms with Gasteiger partial charge in [-0.2, -0.15) is 0 Å². The van der Waals surface area contributed by atoms with Gasteiger partial charge in [0.1, 0.15) is 0 Å². The molecule has 0 amide bonds. The topological polar surface area (TPSA) is 89.3 Å². The van der Waals surface area contributed by atoms with Crippen LogP contribution >= 0.6 is 11.8 Å². The lowest BCUT2D eigenvalue weighted by Gasteiger charge is -2.00. The molecule has 0 spiro atoms. The Morgan fingerprint density at radius 2 is 2.13 bits per heavy atom. The summed E-state index contributed by atoms with van der Waals surface area (Å²) in [6, 6.07) is 5.35. The second kappa shape index (κ2) is 4.56. The van der Waals surface area contributed by atoms with Gasteiger partial charge < -0.3 is 0 Å². The molecule has 0 fully saturated rings. The fraction of sp³-hybridized carbons (Fsp3) is 0.143. The number of non-ortho nitro benzene ring substituents is 1. The van der Waals surface area contributed by atoms with Gasteiger partial charge in [0, 0.05) is 12.1 Å². The average molecular weight is 251 g/mol. The number of sulfonamides is 1. The minimum Gasteiger partial charge on any atom is -0.258 e. The van der Waals surface area contributed by atoms with Crippen LogP contribution in [0, 0.1) is 10.1 Å². The van der Waals surface area contributed by atoms with Crippen molar-refractivity contribution in [2.24, 2.45) is 0 Å². The third-order valence-electron chi connectivity index (χ3n) is 1.60. The summed E-state index contributed by atoms with van der Waals surface area (Å²) in [6.07, 6.45) is 0. The number of benzene rings is 1. The first kappa shape index (κ1) is 11.9. The highest BCUT2D eigenvalue weighted by Crippen LogP contribution is 2.14. The van der Waals surface area contributed by atoms with Crippen molar-refractivity contribution in [2.75, 3.05) is 0 Å². The van der Waals surface area contributed by atoms with E-state index in [0.717, 1.165) is 0 Å².